The molecule has 0 radical (unpaired) electrons. The van der Waals surface area contributed by atoms with Gasteiger partial charge in [-0.25, -0.2) is 4.98 Å². The summed E-state index contributed by atoms with van der Waals surface area (Å²) >= 11 is 1.37. The molecule has 0 saturated carbocycles. The molecule has 5 aromatic rings. The summed E-state index contributed by atoms with van der Waals surface area (Å²) in [5.74, 6) is 0.173. The summed E-state index contributed by atoms with van der Waals surface area (Å²) < 4.78 is 41.4. The zero-order chi connectivity index (χ0) is 27.4. The normalized spacial score (nSPS) is 12.4. The third-order valence-corrected chi connectivity index (χ3v) is 7.39. The number of rotatable bonds is 8. The number of nitrogens with one attached hydrogen (secondary N) is 1. The van der Waals surface area contributed by atoms with E-state index in [4.69, 9.17) is 4.98 Å². The summed E-state index contributed by atoms with van der Waals surface area (Å²) in [6, 6.07) is 24.1. The summed E-state index contributed by atoms with van der Waals surface area (Å²) in [5, 5.41) is 3.70. The largest absolute Gasteiger partial charge is 0.416 e. The molecule has 0 bridgehead atoms. The molecular formula is C30H25F3N4OS. The number of aromatic nitrogens is 3. The molecule has 0 aliphatic rings. The number of hydrogen-bond acceptors (Lipinski definition) is 4. The number of carbonyl (C=O) groups excluding carboxylic acids is 1. The van der Waals surface area contributed by atoms with Crippen LogP contribution in [0.5, 0.6) is 0 Å². The molecule has 3 aromatic carbocycles. The Morgan fingerprint density at radius 3 is 2.49 bits per heavy atom. The monoisotopic (exact) mass is 546 g/mol. The number of hydrogen-bond donors (Lipinski definition) is 1. The van der Waals surface area contributed by atoms with Crippen molar-refractivity contribution in [1.82, 2.24) is 19.9 Å². The average Bonchev–Trinajstić information content (AvgIpc) is 3.29. The first-order valence-corrected chi connectivity index (χ1v) is 13.3. The summed E-state index contributed by atoms with van der Waals surface area (Å²) in [5.41, 5.74) is 4.00. The van der Waals surface area contributed by atoms with Gasteiger partial charge in [0, 0.05) is 17.5 Å². The van der Waals surface area contributed by atoms with Crippen LogP contribution in [0.2, 0.25) is 0 Å². The van der Waals surface area contributed by atoms with Gasteiger partial charge in [-0.3, -0.25) is 9.78 Å². The maximum absolute atomic E-state index is 13.1. The van der Waals surface area contributed by atoms with Gasteiger partial charge in [-0.15, -0.1) is 0 Å². The maximum Gasteiger partial charge on any atom is 0.416 e. The SMILES string of the molecule is C[C@@H](NC(=O)c1ccc(Cn2c(SCc3cccc(C(F)(F)F)c3)nc3ccncc32)cc1)c1ccccc1. The van der Waals surface area contributed by atoms with E-state index in [1.54, 1.807) is 30.6 Å². The molecule has 2 heterocycles. The first-order valence-electron chi connectivity index (χ1n) is 12.3. The highest BCUT2D eigenvalue weighted by atomic mass is 32.2. The number of imidazole rings is 1. The van der Waals surface area contributed by atoms with Crippen molar-refractivity contribution in [2.24, 2.45) is 0 Å². The third kappa shape index (κ3) is 6.31. The topological polar surface area (TPSA) is 59.8 Å². The fourth-order valence-corrected chi connectivity index (χ4v) is 5.20. The van der Waals surface area contributed by atoms with E-state index in [2.05, 4.69) is 10.3 Å². The van der Waals surface area contributed by atoms with Gasteiger partial charge in [0.2, 0.25) is 0 Å². The Morgan fingerprint density at radius 2 is 1.74 bits per heavy atom. The van der Waals surface area contributed by atoms with Crippen LogP contribution >= 0.6 is 11.8 Å². The second kappa shape index (κ2) is 11.3. The van der Waals surface area contributed by atoms with Gasteiger partial charge < -0.3 is 9.88 Å². The lowest BCUT2D eigenvalue weighted by molar-refractivity contribution is -0.137. The van der Waals surface area contributed by atoms with E-state index in [9.17, 15) is 18.0 Å². The highest BCUT2D eigenvalue weighted by Crippen LogP contribution is 2.32. The molecule has 9 heteroatoms. The quantitative estimate of drug-likeness (QED) is 0.208. The van der Waals surface area contributed by atoms with E-state index in [1.165, 1.54) is 23.9 Å². The van der Waals surface area contributed by atoms with Crippen LogP contribution in [0.4, 0.5) is 13.2 Å². The minimum absolute atomic E-state index is 0.125. The highest BCUT2D eigenvalue weighted by Gasteiger charge is 2.30. The second-order valence-corrected chi connectivity index (χ2v) is 10.1. The van der Waals surface area contributed by atoms with Gasteiger partial charge in [-0.05, 0) is 47.9 Å². The molecule has 0 aliphatic carbocycles. The van der Waals surface area contributed by atoms with Gasteiger partial charge in [-0.2, -0.15) is 13.2 Å². The van der Waals surface area contributed by atoms with Crippen LogP contribution in [0.15, 0.2) is 102 Å². The van der Waals surface area contributed by atoms with Crippen molar-refractivity contribution >= 4 is 28.7 Å². The van der Waals surface area contributed by atoms with Gasteiger partial charge in [0.15, 0.2) is 5.16 Å². The molecule has 2 aromatic heterocycles. The Bertz CT molecular complexity index is 1580. The van der Waals surface area contributed by atoms with E-state index in [-0.39, 0.29) is 11.9 Å². The number of halogens is 3. The van der Waals surface area contributed by atoms with Crippen molar-refractivity contribution in [3.05, 3.63) is 125 Å². The Hall–Kier alpha value is -4.11. The minimum Gasteiger partial charge on any atom is -0.346 e. The number of pyridine rings is 1. The van der Waals surface area contributed by atoms with E-state index < -0.39 is 11.7 Å². The molecule has 0 saturated heterocycles. The van der Waals surface area contributed by atoms with Crippen molar-refractivity contribution in [3.8, 4) is 0 Å². The summed E-state index contributed by atoms with van der Waals surface area (Å²) in [4.78, 5) is 21.7. The van der Waals surface area contributed by atoms with Crippen LogP contribution in [0, 0.1) is 0 Å². The van der Waals surface area contributed by atoms with Crippen LogP contribution in [0.25, 0.3) is 11.0 Å². The first-order chi connectivity index (χ1) is 18.8. The number of nitrogens with zero attached hydrogens (tertiary/aromatic N) is 3. The molecule has 0 fully saturated rings. The van der Waals surface area contributed by atoms with Crippen molar-refractivity contribution in [1.29, 1.82) is 0 Å². The molecule has 1 amide bonds. The summed E-state index contributed by atoms with van der Waals surface area (Å²) in [6.45, 7) is 2.41. The number of alkyl halides is 3. The van der Waals surface area contributed by atoms with Crippen LogP contribution < -0.4 is 5.32 Å². The lowest BCUT2D eigenvalue weighted by Crippen LogP contribution is -2.26. The van der Waals surface area contributed by atoms with Crippen molar-refractivity contribution < 1.29 is 18.0 Å². The summed E-state index contributed by atoms with van der Waals surface area (Å²) in [6.07, 6.45) is -1.00. The van der Waals surface area contributed by atoms with Gasteiger partial charge >= 0.3 is 6.18 Å². The van der Waals surface area contributed by atoms with Crippen molar-refractivity contribution in [3.63, 3.8) is 0 Å². The standard InChI is InChI=1S/C30H25F3N4OS/c1-20(23-7-3-2-4-8-23)35-28(38)24-12-10-21(11-13-24)18-37-27-17-34-15-14-26(27)36-29(37)39-19-22-6-5-9-25(16-22)30(31,32)33/h2-17,20H,18-19H2,1H3,(H,35,38)/t20-/m1/s1. The highest BCUT2D eigenvalue weighted by molar-refractivity contribution is 7.98. The predicted molar refractivity (Wildman–Crippen MR) is 146 cm³/mol. The Morgan fingerprint density at radius 1 is 0.974 bits per heavy atom. The Balaban J connectivity index is 1.32. The molecule has 1 N–H and O–H groups in total. The number of thioether (sulfide) groups is 1. The molecule has 1 atom stereocenters. The van der Waals surface area contributed by atoms with Crippen molar-refractivity contribution in [2.75, 3.05) is 0 Å². The number of fused-ring (bicyclic) bond motifs is 1. The third-order valence-electron chi connectivity index (χ3n) is 6.34. The molecule has 0 spiro atoms. The predicted octanol–water partition coefficient (Wildman–Crippen LogP) is 7.28. The van der Waals surface area contributed by atoms with Gasteiger partial charge in [0.1, 0.15) is 0 Å². The minimum atomic E-state index is -4.39. The fraction of sp³-hybridized carbons (Fsp3) is 0.167. The molecular weight excluding hydrogens is 521 g/mol. The summed E-state index contributed by atoms with van der Waals surface area (Å²) in [7, 11) is 0. The van der Waals surface area contributed by atoms with E-state index in [0.717, 1.165) is 28.2 Å². The van der Waals surface area contributed by atoms with Crippen LogP contribution in [-0.2, 0) is 18.5 Å². The van der Waals surface area contributed by atoms with Gasteiger partial charge in [-0.1, -0.05) is 72.4 Å². The van der Waals surface area contributed by atoms with Crippen LogP contribution in [0.3, 0.4) is 0 Å². The number of benzene rings is 3. The molecule has 5 nitrogen and oxygen atoms in total. The lowest BCUT2D eigenvalue weighted by Gasteiger charge is -2.15. The molecule has 0 aliphatic heterocycles. The molecule has 5 rings (SSSR count). The first kappa shape index (κ1) is 26.5. The smallest absolute Gasteiger partial charge is 0.346 e. The van der Waals surface area contributed by atoms with Gasteiger partial charge in [0.05, 0.1) is 35.4 Å². The fourth-order valence-electron chi connectivity index (χ4n) is 4.25. The van der Waals surface area contributed by atoms with E-state index in [0.29, 0.717) is 28.6 Å². The average molecular weight is 547 g/mol. The number of carbonyl (C=O) groups is 1. The van der Waals surface area contributed by atoms with Crippen LogP contribution in [-0.4, -0.2) is 20.4 Å². The second-order valence-electron chi connectivity index (χ2n) is 9.13. The van der Waals surface area contributed by atoms with E-state index in [1.807, 2.05) is 60.0 Å². The van der Waals surface area contributed by atoms with Crippen LogP contribution in [0.1, 0.15) is 45.6 Å². The molecule has 39 heavy (non-hydrogen) atoms. The zero-order valence-electron chi connectivity index (χ0n) is 21.0. The number of amides is 1. The van der Waals surface area contributed by atoms with E-state index >= 15 is 0 Å². The zero-order valence-corrected chi connectivity index (χ0v) is 21.8. The van der Waals surface area contributed by atoms with Crippen molar-refractivity contribution in [2.45, 2.75) is 36.6 Å². The lowest BCUT2D eigenvalue weighted by atomic mass is 10.1. The van der Waals surface area contributed by atoms with Gasteiger partial charge in [0.25, 0.3) is 5.91 Å². The Kier molecular flexibility index (Phi) is 7.70. The molecule has 0 unspecified atom stereocenters. The molecule has 198 valence electrons. The Labute approximate surface area is 228 Å². The maximum atomic E-state index is 13.1.